The second kappa shape index (κ2) is 5.33. The van der Waals surface area contributed by atoms with Gasteiger partial charge in [0.2, 0.25) is 0 Å². The van der Waals surface area contributed by atoms with Gasteiger partial charge in [0.1, 0.15) is 0 Å². The third-order valence-corrected chi connectivity index (χ3v) is 4.62. The number of piperidine rings is 1. The molecule has 0 radical (unpaired) electrons. The van der Waals surface area contributed by atoms with Gasteiger partial charge in [-0.2, -0.15) is 0 Å². The lowest BCUT2D eigenvalue weighted by molar-refractivity contribution is -0.0262. The van der Waals surface area contributed by atoms with Gasteiger partial charge in [0, 0.05) is 24.1 Å². The summed E-state index contributed by atoms with van der Waals surface area (Å²) < 4.78 is 0. The minimum Gasteiger partial charge on any atom is -0.393 e. The topological polar surface area (TPSA) is 40.5 Å². The molecule has 1 aromatic carbocycles. The normalized spacial score (nSPS) is 30.8. The number of hydrogen-bond acceptors (Lipinski definition) is 2. The van der Waals surface area contributed by atoms with Crippen LogP contribution in [0.1, 0.15) is 42.5 Å². The molecule has 3 nitrogen and oxygen atoms in total. The number of likely N-dealkylation sites (tertiary alicyclic amines) is 1. The van der Waals surface area contributed by atoms with Crippen molar-refractivity contribution in [1.82, 2.24) is 4.90 Å². The molecule has 2 fully saturated rings. The Labute approximate surface area is 114 Å². The molecule has 2 aliphatic rings. The Morgan fingerprint density at radius 2 is 1.84 bits per heavy atom. The zero-order chi connectivity index (χ0) is 13.2. The number of nitrogens with zero attached hydrogens (tertiary/aromatic N) is 1. The standard InChI is InChI=1S/C16H21NO2/c18-15-10-11-17(14-9-5-4-8-13(14)15)16(19)12-6-2-1-3-7-12/h1-3,6-7,13-15,18H,4-5,8-11H2/t13-,14-,15-/m0/s1. The highest BCUT2D eigenvalue weighted by atomic mass is 16.3. The van der Waals surface area contributed by atoms with E-state index in [0.29, 0.717) is 6.54 Å². The van der Waals surface area contributed by atoms with E-state index >= 15 is 0 Å². The minimum absolute atomic E-state index is 0.129. The first-order valence-corrected chi connectivity index (χ1v) is 7.31. The van der Waals surface area contributed by atoms with E-state index in [4.69, 9.17) is 0 Å². The summed E-state index contributed by atoms with van der Waals surface area (Å²) in [5.74, 6) is 0.416. The first-order valence-electron chi connectivity index (χ1n) is 7.31. The van der Waals surface area contributed by atoms with Gasteiger partial charge in [-0.25, -0.2) is 0 Å². The zero-order valence-corrected chi connectivity index (χ0v) is 11.2. The van der Waals surface area contributed by atoms with Crippen LogP contribution >= 0.6 is 0 Å². The number of aliphatic hydroxyl groups is 1. The quantitative estimate of drug-likeness (QED) is 0.841. The summed E-state index contributed by atoms with van der Waals surface area (Å²) in [4.78, 5) is 14.6. The lowest BCUT2D eigenvalue weighted by Crippen LogP contribution is -2.54. The van der Waals surface area contributed by atoms with Crippen molar-refractivity contribution in [2.24, 2.45) is 5.92 Å². The Bertz CT molecular complexity index is 445. The molecule has 0 bridgehead atoms. The summed E-state index contributed by atoms with van der Waals surface area (Å²) in [6, 6.07) is 9.75. The summed E-state index contributed by atoms with van der Waals surface area (Å²) in [5.41, 5.74) is 0.767. The average molecular weight is 259 g/mol. The van der Waals surface area contributed by atoms with Gasteiger partial charge >= 0.3 is 0 Å². The summed E-state index contributed by atoms with van der Waals surface area (Å²) in [7, 11) is 0. The van der Waals surface area contributed by atoms with Crippen LogP contribution in [0.4, 0.5) is 0 Å². The van der Waals surface area contributed by atoms with Gasteiger partial charge in [0.05, 0.1) is 6.10 Å². The van der Waals surface area contributed by atoms with Crippen LogP contribution in [0, 0.1) is 5.92 Å². The van der Waals surface area contributed by atoms with Gasteiger partial charge in [-0.3, -0.25) is 4.79 Å². The molecule has 3 heteroatoms. The predicted octanol–water partition coefficient (Wildman–Crippen LogP) is 2.45. The van der Waals surface area contributed by atoms with Gasteiger partial charge in [-0.1, -0.05) is 31.0 Å². The Morgan fingerprint density at radius 3 is 2.63 bits per heavy atom. The van der Waals surface area contributed by atoms with E-state index in [1.54, 1.807) is 0 Å². The molecule has 102 valence electrons. The molecule has 19 heavy (non-hydrogen) atoms. The SMILES string of the molecule is O=C(c1ccccc1)N1CC[C@H](O)[C@H]2CCCC[C@@H]21. The van der Waals surface area contributed by atoms with Crippen molar-refractivity contribution in [2.45, 2.75) is 44.2 Å². The van der Waals surface area contributed by atoms with Crippen LogP contribution in [0.5, 0.6) is 0 Å². The van der Waals surface area contributed by atoms with Crippen LogP contribution in [-0.2, 0) is 0 Å². The first kappa shape index (κ1) is 12.7. The van der Waals surface area contributed by atoms with Gasteiger partial charge in [-0.15, -0.1) is 0 Å². The largest absolute Gasteiger partial charge is 0.393 e. The maximum Gasteiger partial charge on any atom is 0.254 e. The molecular formula is C16H21NO2. The fourth-order valence-corrected chi connectivity index (χ4v) is 3.63. The van der Waals surface area contributed by atoms with E-state index in [2.05, 4.69) is 0 Å². The molecule has 1 aliphatic carbocycles. The molecule has 3 atom stereocenters. The van der Waals surface area contributed by atoms with Crippen LogP contribution in [0.2, 0.25) is 0 Å². The van der Waals surface area contributed by atoms with Gasteiger partial charge in [-0.05, 0) is 31.4 Å². The number of aliphatic hydroxyl groups excluding tert-OH is 1. The van der Waals surface area contributed by atoms with E-state index in [0.717, 1.165) is 24.8 Å². The molecule has 1 N–H and O–H groups in total. The second-order valence-corrected chi connectivity index (χ2v) is 5.74. The Balaban J connectivity index is 1.82. The monoisotopic (exact) mass is 259 g/mol. The molecule has 0 aromatic heterocycles. The maximum atomic E-state index is 12.6. The van der Waals surface area contributed by atoms with Crippen LogP contribution in [0.25, 0.3) is 0 Å². The molecule has 1 amide bonds. The summed E-state index contributed by atoms with van der Waals surface area (Å²) in [6.45, 7) is 0.691. The highest BCUT2D eigenvalue weighted by molar-refractivity contribution is 5.94. The summed E-state index contributed by atoms with van der Waals surface area (Å²) in [6.07, 6.45) is 4.97. The Morgan fingerprint density at radius 1 is 1.11 bits per heavy atom. The van der Waals surface area contributed by atoms with Crippen molar-refractivity contribution < 1.29 is 9.90 Å². The van der Waals surface area contributed by atoms with Crippen molar-refractivity contribution in [3.63, 3.8) is 0 Å². The highest BCUT2D eigenvalue weighted by Gasteiger charge is 2.40. The van der Waals surface area contributed by atoms with E-state index in [9.17, 15) is 9.90 Å². The third-order valence-electron chi connectivity index (χ3n) is 4.62. The smallest absolute Gasteiger partial charge is 0.254 e. The average Bonchev–Trinajstić information content (AvgIpc) is 2.48. The molecule has 1 aromatic rings. The number of hydrogen-bond donors (Lipinski definition) is 1. The van der Waals surface area contributed by atoms with Crippen LogP contribution in [0.3, 0.4) is 0 Å². The van der Waals surface area contributed by atoms with E-state index in [-0.39, 0.29) is 24.0 Å². The molecule has 0 spiro atoms. The van der Waals surface area contributed by atoms with E-state index in [1.807, 2.05) is 35.2 Å². The van der Waals surface area contributed by atoms with Crippen LogP contribution in [-0.4, -0.2) is 34.6 Å². The number of carbonyl (C=O) groups excluding carboxylic acids is 1. The van der Waals surface area contributed by atoms with Crippen molar-refractivity contribution in [3.05, 3.63) is 35.9 Å². The molecule has 1 saturated carbocycles. The molecule has 1 heterocycles. The fraction of sp³-hybridized carbons (Fsp3) is 0.562. The van der Waals surface area contributed by atoms with E-state index in [1.165, 1.54) is 12.8 Å². The van der Waals surface area contributed by atoms with Gasteiger partial charge in [0.15, 0.2) is 0 Å². The second-order valence-electron chi connectivity index (χ2n) is 5.74. The zero-order valence-electron chi connectivity index (χ0n) is 11.2. The van der Waals surface area contributed by atoms with Gasteiger partial charge in [0.25, 0.3) is 5.91 Å². The molecule has 0 unspecified atom stereocenters. The highest BCUT2D eigenvalue weighted by Crippen LogP contribution is 2.36. The molecule has 1 saturated heterocycles. The Hall–Kier alpha value is -1.35. The molecule has 1 aliphatic heterocycles. The number of rotatable bonds is 1. The minimum atomic E-state index is -0.217. The van der Waals surface area contributed by atoms with Crippen LogP contribution in [0.15, 0.2) is 30.3 Å². The van der Waals surface area contributed by atoms with Crippen LogP contribution < -0.4 is 0 Å². The lowest BCUT2D eigenvalue weighted by Gasteiger charge is -2.46. The summed E-state index contributed by atoms with van der Waals surface area (Å²) >= 11 is 0. The number of fused-ring (bicyclic) bond motifs is 1. The van der Waals surface area contributed by atoms with Crippen molar-refractivity contribution >= 4 is 5.91 Å². The summed E-state index contributed by atoms with van der Waals surface area (Å²) in [5, 5.41) is 10.1. The number of carbonyl (C=O) groups is 1. The van der Waals surface area contributed by atoms with E-state index < -0.39 is 0 Å². The number of benzene rings is 1. The fourth-order valence-electron chi connectivity index (χ4n) is 3.63. The first-order chi connectivity index (χ1) is 9.27. The maximum absolute atomic E-state index is 12.6. The molecule has 3 rings (SSSR count). The third kappa shape index (κ3) is 2.39. The Kier molecular flexibility index (Phi) is 3.56. The van der Waals surface area contributed by atoms with Crippen molar-refractivity contribution in [2.75, 3.05) is 6.54 Å². The van der Waals surface area contributed by atoms with Crippen molar-refractivity contribution in [3.8, 4) is 0 Å². The predicted molar refractivity (Wildman–Crippen MR) is 73.8 cm³/mol. The molecular weight excluding hydrogens is 238 g/mol. The lowest BCUT2D eigenvalue weighted by atomic mass is 9.76. The van der Waals surface area contributed by atoms with Crippen molar-refractivity contribution in [1.29, 1.82) is 0 Å². The van der Waals surface area contributed by atoms with Gasteiger partial charge < -0.3 is 10.0 Å². The number of amides is 1.